The van der Waals surface area contributed by atoms with Crippen molar-refractivity contribution in [1.82, 2.24) is 9.88 Å². The summed E-state index contributed by atoms with van der Waals surface area (Å²) in [5.74, 6) is 2.22. The number of hydrogen-bond donors (Lipinski definition) is 1. The SMILES string of the molecule is c1ccc(C2=NC(c3ccc4ccccc4c3)NC(C3=NCc4oc5cc(-n6c7ccccc7c7cc8ccccc8cc76)ccc5c43)=N2)cc1. The quantitative estimate of drug-likeness (QED) is 0.205. The van der Waals surface area contributed by atoms with Crippen LogP contribution >= 0.6 is 0 Å². The van der Waals surface area contributed by atoms with E-state index in [1.54, 1.807) is 0 Å². The van der Waals surface area contributed by atoms with Gasteiger partial charge in [0.25, 0.3) is 0 Å². The Morgan fingerprint density at radius 1 is 0.608 bits per heavy atom. The third-order valence-corrected chi connectivity index (χ3v) is 10.3. The molecule has 0 fully saturated rings. The maximum Gasteiger partial charge on any atom is 0.159 e. The first-order chi connectivity index (χ1) is 25.2. The molecule has 7 aromatic carbocycles. The number of furan rings is 1. The van der Waals surface area contributed by atoms with Crippen LogP contribution in [-0.4, -0.2) is 22.0 Å². The second-order valence-electron chi connectivity index (χ2n) is 13.2. The molecule has 4 heterocycles. The van der Waals surface area contributed by atoms with Crippen LogP contribution < -0.4 is 5.32 Å². The Hall–Kier alpha value is -6.79. The summed E-state index contributed by atoms with van der Waals surface area (Å²) in [6, 6.07) is 53.4. The maximum atomic E-state index is 6.59. The van der Waals surface area contributed by atoms with E-state index in [4.69, 9.17) is 19.4 Å². The molecule has 2 aliphatic heterocycles. The number of amidine groups is 2. The number of aliphatic imine (C=N–C) groups is 3. The Morgan fingerprint density at radius 3 is 2.22 bits per heavy atom. The van der Waals surface area contributed by atoms with Crippen molar-refractivity contribution < 1.29 is 4.42 Å². The fraction of sp³-hybridized carbons (Fsp3) is 0.0444. The van der Waals surface area contributed by atoms with Crippen LogP contribution in [0.1, 0.15) is 28.6 Å². The van der Waals surface area contributed by atoms with Crippen LogP contribution in [0.25, 0.3) is 60.0 Å². The highest BCUT2D eigenvalue weighted by molar-refractivity contribution is 6.51. The third kappa shape index (κ3) is 4.40. The van der Waals surface area contributed by atoms with Crippen LogP contribution in [-0.2, 0) is 6.54 Å². The fourth-order valence-electron chi connectivity index (χ4n) is 7.84. The average Bonchev–Trinajstić information content (AvgIpc) is 3.87. The van der Waals surface area contributed by atoms with Gasteiger partial charge < -0.3 is 14.3 Å². The first kappa shape index (κ1) is 28.1. The smallest absolute Gasteiger partial charge is 0.159 e. The number of nitrogens with one attached hydrogen (secondary N) is 1. The number of fused-ring (bicyclic) bond motifs is 8. The molecule has 0 amide bonds. The topological polar surface area (TPSA) is 67.2 Å². The summed E-state index contributed by atoms with van der Waals surface area (Å²) in [6.07, 6.45) is -0.333. The van der Waals surface area contributed by atoms with E-state index in [1.807, 2.05) is 18.2 Å². The van der Waals surface area contributed by atoms with E-state index in [-0.39, 0.29) is 6.17 Å². The molecule has 0 saturated carbocycles. The minimum absolute atomic E-state index is 0.333. The van der Waals surface area contributed by atoms with Gasteiger partial charge >= 0.3 is 0 Å². The monoisotopic (exact) mass is 655 g/mol. The van der Waals surface area contributed by atoms with Gasteiger partial charge in [0.1, 0.15) is 23.2 Å². The molecule has 0 saturated heterocycles. The predicted molar refractivity (Wildman–Crippen MR) is 209 cm³/mol. The van der Waals surface area contributed by atoms with Crippen molar-refractivity contribution in [2.75, 3.05) is 0 Å². The van der Waals surface area contributed by atoms with Gasteiger partial charge in [0.2, 0.25) is 0 Å². The van der Waals surface area contributed by atoms with Crippen molar-refractivity contribution >= 4 is 71.7 Å². The molecule has 6 nitrogen and oxygen atoms in total. The van der Waals surface area contributed by atoms with Crippen molar-refractivity contribution in [3.8, 4) is 5.69 Å². The van der Waals surface area contributed by atoms with Crippen LogP contribution in [0.3, 0.4) is 0 Å². The van der Waals surface area contributed by atoms with Gasteiger partial charge in [0, 0.05) is 33.5 Å². The van der Waals surface area contributed by atoms with Crippen LogP contribution in [0.15, 0.2) is 171 Å². The summed E-state index contributed by atoms with van der Waals surface area (Å²) in [5, 5.41) is 12.0. The van der Waals surface area contributed by atoms with E-state index in [9.17, 15) is 0 Å². The molecule has 2 aliphatic rings. The highest BCUT2D eigenvalue weighted by Gasteiger charge is 2.31. The highest BCUT2D eigenvalue weighted by atomic mass is 16.3. The highest BCUT2D eigenvalue weighted by Crippen LogP contribution is 2.38. The van der Waals surface area contributed by atoms with Gasteiger partial charge in [0.15, 0.2) is 11.7 Å². The van der Waals surface area contributed by atoms with Gasteiger partial charge in [-0.15, -0.1) is 0 Å². The molecular weight excluding hydrogens is 627 g/mol. The molecular formula is C45H29N5O. The van der Waals surface area contributed by atoms with E-state index < -0.39 is 0 Å². The molecule has 1 N–H and O–H groups in total. The summed E-state index contributed by atoms with van der Waals surface area (Å²) in [5.41, 5.74) is 8.03. The number of rotatable bonds is 4. The molecule has 11 rings (SSSR count). The van der Waals surface area contributed by atoms with E-state index >= 15 is 0 Å². The lowest BCUT2D eigenvalue weighted by Crippen LogP contribution is -2.38. The number of aromatic nitrogens is 1. The van der Waals surface area contributed by atoms with Gasteiger partial charge in [-0.1, -0.05) is 109 Å². The molecule has 6 heteroatoms. The average molecular weight is 656 g/mol. The molecule has 9 aromatic rings. The predicted octanol–water partition coefficient (Wildman–Crippen LogP) is 10.3. The Kier molecular flexibility index (Phi) is 5.98. The lowest BCUT2D eigenvalue weighted by atomic mass is 10.0. The second kappa shape index (κ2) is 10.9. The Morgan fingerprint density at radius 2 is 1.35 bits per heavy atom. The minimum atomic E-state index is -0.333. The number of para-hydroxylation sites is 1. The van der Waals surface area contributed by atoms with Crippen LogP contribution in [0.4, 0.5) is 0 Å². The second-order valence-corrected chi connectivity index (χ2v) is 13.2. The van der Waals surface area contributed by atoms with Gasteiger partial charge in [-0.25, -0.2) is 9.98 Å². The van der Waals surface area contributed by atoms with Gasteiger partial charge in [-0.2, -0.15) is 0 Å². The number of nitrogens with zero attached hydrogens (tertiary/aromatic N) is 4. The summed E-state index contributed by atoms with van der Waals surface area (Å²) in [7, 11) is 0. The van der Waals surface area contributed by atoms with Crippen molar-refractivity contribution in [3.05, 3.63) is 174 Å². The summed E-state index contributed by atoms with van der Waals surface area (Å²) in [4.78, 5) is 15.2. The molecule has 1 unspecified atom stereocenters. The van der Waals surface area contributed by atoms with Crippen LogP contribution in [0.5, 0.6) is 0 Å². The Labute approximate surface area is 292 Å². The van der Waals surface area contributed by atoms with Crippen molar-refractivity contribution in [1.29, 1.82) is 0 Å². The molecule has 0 aliphatic carbocycles. The normalized spacial score (nSPS) is 15.7. The minimum Gasteiger partial charge on any atom is -0.458 e. The van der Waals surface area contributed by atoms with Crippen LogP contribution in [0.2, 0.25) is 0 Å². The molecule has 51 heavy (non-hydrogen) atoms. The molecule has 240 valence electrons. The summed E-state index contributed by atoms with van der Waals surface area (Å²) in [6.45, 7) is 0.454. The van der Waals surface area contributed by atoms with Crippen molar-refractivity contribution in [2.24, 2.45) is 15.0 Å². The van der Waals surface area contributed by atoms with Crippen LogP contribution in [0, 0.1) is 0 Å². The zero-order valence-corrected chi connectivity index (χ0v) is 27.4. The molecule has 0 radical (unpaired) electrons. The van der Waals surface area contributed by atoms with E-state index in [1.165, 1.54) is 37.8 Å². The Balaban J connectivity index is 1.03. The molecule has 1 atom stereocenters. The molecule has 0 spiro atoms. The molecule has 0 bridgehead atoms. The van der Waals surface area contributed by atoms with Gasteiger partial charge in [-0.3, -0.25) is 4.99 Å². The van der Waals surface area contributed by atoms with Crippen molar-refractivity contribution in [2.45, 2.75) is 12.7 Å². The van der Waals surface area contributed by atoms with Crippen molar-refractivity contribution in [3.63, 3.8) is 0 Å². The number of hydrogen-bond acceptors (Lipinski definition) is 5. The van der Waals surface area contributed by atoms with E-state index in [0.29, 0.717) is 18.2 Å². The maximum absolute atomic E-state index is 6.59. The lowest BCUT2D eigenvalue weighted by molar-refractivity contribution is 0.557. The first-order valence-electron chi connectivity index (χ1n) is 17.3. The van der Waals surface area contributed by atoms with E-state index in [2.05, 4.69) is 143 Å². The standard InChI is InChI=1S/C45H29N5O/c1-2-11-28(12-3-1)43-47-44(32-19-18-27-10-4-5-13-29(27)22-32)49-45(48-43)42-41-35-21-20-33(25-39(35)51-40(41)26-46-42)50-37-17-9-8-16-34(37)36-23-30-14-6-7-15-31(30)24-38(36)50/h1-25,44H,26H2,(H,47,48,49). The number of benzene rings is 7. The van der Waals surface area contributed by atoms with E-state index in [0.717, 1.165) is 50.3 Å². The van der Waals surface area contributed by atoms with Gasteiger partial charge in [0.05, 0.1) is 23.1 Å². The largest absolute Gasteiger partial charge is 0.458 e. The lowest BCUT2D eigenvalue weighted by Gasteiger charge is -2.24. The van der Waals surface area contributed by atoms with Gasteiger partial charge in [-0.05, 0) is 63.5 Å². The summed E-state index contributed by atoms with van der Waals surface area (Å²) >= 11 is 0. The Bertz CT molecular complexity index is 2980. The summed E-state index contributed by atoms with van der Waals surface area (Å²) < 4.78 is 8.94. The fourth-order valence-corrected chi connectivity index (χ4v) is 7.84. The third-order valence-electron chi connectivity index (χ3n) is 10.3. The zero-order valence-electron chi connectivity index (χ0n) is 27.4. The zero-order chi connectivity index (χ0) is 33.5. The first-order valence-corrected chi connectivity index (χ1v) is 17.3. The molecule has 2 aromatic heterocycles.